The number of esters is 2. The number of benzene rings is 2. The Balaban J connectivity index is 1.96. The fraction of sp³-hybridized carbons (Fsp3) is 0.273. The topological polar surface area (TPSA) is 123 Å². The van der Waals surface area contributed by atoms with E-state index in [0.717, 1.165) is 13.5 Å². The molecule has 9 nitrogen and oxygen atoms in total. The molecule has 3 N–H and O–H groups in total. The third kappa shape index (κ3) is 7.14. The molecule has 0 radical (unpaired) electrons. The SMILES string of the molecule is CCc1ccc(NC(=O)Nc2ccc(C(=O)N[C@@H](CC(=O)OC)C(=O)OC)cc2)cc1. The van der Waals surface area contributed by atoms with Crippen LogP contribution in [0.5, 0.6) is 0 Å². The summed E-state index contributed by atoms with van der Waals surface area (Å²) in [6.07, 6.45) is 0.559. The number of nitrogens with one attached hydrogen (secondary N) is 3. The standard InChI is InChI=1S/C22H25N3O6/c1-4-14-5-9-16(10-6-14)23-22(29)24-17-11-7-15(8-12-17)20(27)25-18(21(28)31-3)13-19(26)30-2/h5-12,18H,4,13H2,1-3H3,(H,25,27)(H2,23,24,29)/t18-/m0/s1. The van der Waals surface area contributed by atoms with E-state index in [2.05, 4.69) is 25.4 Å². The second kappa shape index (κ2) is 11.3. The summed E-state index contributed by atoms with van der Waals surface area (Å²) in [5.41, 5.74) is 2.53. The van der Waals surface area contributed by atoms with Crippen molar-refractivity contribution in [2.45, 2.75) is 25.8 Å². The summed E-state index contributed by atoms with van der Waals surface area (Å²) in [5, 5.41) is 7.83. The average molecular weight is 427 g/mol. The maximum Gasteiger partial charge on any atom is 0.328 e. The summed E-state index contributed by atoms with van der Waals surface area (Å²) in [6.45, 7) is 2.05. The zero-order valence-corrected chi connectivity index (χ0v) is 17.6. The van der Waals surface area contributed by atoms with E-state index in [0.29, 0.717) is 11.4 Å². The van der Waals surface area contributed by atoms with E-state index in [4.69, 9.17) is 0 Å². The van der Waals surface area contributed by atoms with Gasteiger partial charge in [-0.25, -0.2) is 9.59 Å². The average Bonchev–Trinajstić information content (AvgIpc) is 2.78. The van der Waals surface area contributed by atoms with Crippen molar-refractivity contribution in [1.82, 2.24) is 5.32 Å². The minimum atomic E-state index is -1.17. The van der Waals surface area contributed by atoms with Crippen molar-refractivity contribution in [3.8, 4) is 0 Å². The Kier molecular flexibility index (Phi) is 8.56. The largest absolute Gasteiger partial charge is 0.469 e. The number of hydrogen-bond donors (Lipinski definition) is 3. The number of carbonyl (C=O) groups is 4. The van der Waals surface area contributed by atoms with Crippen LogP contribution < -0.4 is 16.0 Å². The molecule has 0 fully saturated rings. The summed E-state index contributed by atoms with van der Waals surface area (Å²) >= 11 is 0. The van der Waals surface area contributed by atoms with Crippen molar-refractivity contribution in [3.63, 3.8) is 0 Å². The van der Waals surface area contributed by atoms with Crippen LogP contribution >= 0.6 is 0 Å². The van der Waals surface area contributed by atoms with Crippen molar-refractivity contribution >= 4 is 35.3 Å². The Morgan fingerprint density at radius 1 is 0.839 bits per heavy atom. The number of hydrogen-bond acceptors (Lipinski definition) is 6. The first-order valence-corrected chi connectivity index (χ1v) is 9.58. The molecule has 2 rings (SSSR count). The van der Waals surface area contributed by atoms with Gasteiger partial charge >= 0.3 is 18.0 Å². The summed E-state index contributed by atoms with van der Waals surface area (Å²) < 4.78 is 9.13. The van der Waals surface area contributed by atoms with Crippen LogP contribution in [0.1, 0.15) is 29.3 Å². The number of aryl methyl sites for hydroxylation is 1. The number of amides is 3. The van der Waals surface area contributed by atoms with Crippen molar-refractivity contribution in [2.24, 2.45) is 0 Å². The maximum absolute atomic E-state index is 12.4. The smallest absolute Gasteiger partial charge is 0.328 e. The van der Waals surface area contributed by atoms with Gasteiger partial charge in [-0.2, -0.15) is 0 Å². The van der Waals surface area contributed by atoms with E-state index in [1.165, 1.54) is 24.8 Å². The lowest BCUT2D eigenvalue weighted by Crippen LogP contribution is -2.43. The lowest BCUT2D eigenvalue weighted by molar-refractivity contribution is -0.149. The number of carbonyl (C=O) groups excluding carboxylic acids is 4. The summed E-state index contributed by atoms with van der Waals surface area (Å²) in [4.78, 5) is 47.8. The second-order valence-corrected chi connectivity index (χ2v) is 6.54. The first-order valence-electron chi connectivity index (χ1n) is 9.58. The van der Waals surface area contributed by atoms with Gasteiger partial charge < -0.3 is 25.4 Å². The second-order valence-electron chi connectivity index (χ2n) is 6.54. The molecule has 0 unspecified atom stereocenters. The third-order valence-corrected chi connectivity index (χ3v) is 4.41. The number of rotatable bonds is 8. The number of methoxy groups -OCH3 is 2. The van der Waals surface area contributed by atoms with E-state index >= 15 is 0 Å². The van der Waals surface area contributed by atoms with Crippen LogP contribution in [-0.4, -0.2) is 44.1 Å². The zero-order valence-electron chi connectivity index (χ0n) is 17.6. The molecule has 0 aliphatic carbocycles. The number of anilines is 2. The van der Waals surface area contributed by atoms with Crippen LogP contribution in [0.4, 0.5) is 16.2 Å². The Labute approximate surface area is 180 Å². The van der Waals surface area contributed by atoms with Crippen LogP contribution in [-0.2, 0) is 25.5 Å². The molecule has 31 heavy (non-hydrogen) atoms. The Morgan fingerprint density at radius 3 is 1.87 bits per heavy atom. The highest BCUT2D eigenvalue weighted by molar-refractivity contribution is 6.01. The van der Waals surface area contributed by atoms with Crippen molar-refractivity contribution in [3.05, 3.63) is 59.7 Å². The van der Waals surface area contributed by atoms with Crippen LogP contribution in [0.25, 0.3) is 0 Å². The summed E-state index contributed by atoms with van der Waals surface area (Å²) in [6, 6.07) is 12.0. The third-order valence-electron chi connectivity index (χ3n) is 4.41. The maximum atomic E-state index is 12.4. The van der Waals surface area contributed by atoms with Gasteiger partial charge in [0.25, 0.3) is 5.91 Å². The quantitative estimate of drug-likeness (QED) is 0.557. The van der Waals surface area contributed by atoms with Gasteiger partial charge in [-0.15, -0.1) is 0 Å². The molecule has 9 heteroatoms. The molecule has 0 aromatic heterocycles. The predicted molar refractivity (Wildman–Crippen MR) is 115 cm³/mol. The first kappa shape index (κ1) is 23.4. The van der Waals surface area contributed by atoms with Crippen LogP contribution in [0, 0.1) is 0 Å². The van der Waals surface area contributed by atoms with Gasteiger partial charge in [-0.05, 0) is 48.4 Å². The van der Waals surface area contributed by atoms with Gasteiger partial charge in [0.1, 0.15) is 6.04 Å². The fourth-order valence-electron chi connectivity index (χ4n) is 2.65. The van der Waals surface area contributed by atoms with Crippen molar-refractivity contribution in [2.75, 3.05) is 24.9 Å². The first-order chi connectivity index (χ1) is 14.9. The molecule has 0 aliphatic heterocycles. The minimum Gasteiger partial charge on any atom is -0.469 e. The fourth-order valence-corrected chi connectivity index (χ4v) is 2.65. The lowest BCUT2D eigenvalue weighted by Gasteiger charge is -2.15. The van der Waals surface area contributed by atoms with Crippen LogP contribution in [0.2, 0.25) is 0 Å². The normalized spacial score (nSPS) is 11.1. The highest BCUT2D eigenvalue weighted by Gasteiger charge is 2.25. The van der Waals surface area contributed by atoms with E-state index in [1.54, 1.807) is 12.1 Å². The molecular weight excluding hydrogens is 402 g/mol. The molecular formula is C22H25N3O6. The Morgan fingerprint density at radius 2 is 1.39 bits per heavy atom. The predicted octanol–water partition coefficient (Wildman–Crippen LogP) is 2.73. The van der Waals surface area contributed by atoms with Gasteiger partial charge in [-0.3, -0.25) is 9.59 Å². The molecule has 2 aromatic carbocycles. The highest BCUT2D eigenvalue weighted by atomic mass is 16.5. The molecule has 164 valence electrons. The lowest BCUT2D eigenvalue weighted by atomic mass is 10.1. The Hall–Kier alpha value is -3.88. The van der Waals surface area contributed by atoms with Crippen molar-refractivity contribution in [1.29, 1.82) is 0 Å². The minimum absolute atomic E-state index is 0.236. The van der Waals surface area contributed by atoms with Crippen LogP contribution in [0.15, 0.2) is 48.5 Å². The summed E-state index contributed by atoms with van der Waals surface area (Å²) in [7, 11) is 2.34. The molecule has 0 saturated carbocycles. The molecule has 0 spiro atoms. The molecule has 2 aromatic rings. The van der Waals surface area contributed by atoms with Crippen LogP contribution in [0.3, 0.4) is 0 Å². The molecule has 0 heterocycles. The Bertz CT molecular complexity index is 925. The van der Waals surface area contributed by atoms with Gasteiger partial charge in [0.05, 0.1) is 20.6 Å². The monoisotopic (exact) mass is 427 g/mol. The van der Waals surface area contributed by atoms with Gasteiger partial charge in [0.15, 0.2) is 0 Å². The van der Waals surface area contributed by atoms with Gasteiger partial charge in [0.2, 0.25) is 0 Å². The van der Waals surface area contributed by atoms with Crippen molar-refractivity contribution < 1.29 is 28.7 Å². The van der Waals surface area contributed by atoms with E-state index in [-0.39, 0.29) is 12.0 Å². The van der Waals surface area contributed by atoms with E-state index in [9.17, 15) is 19.2 Å². The number of ether oxygens (including phenoxy) is 2. The molecule has 0 aliphatic rings. The van der Waals surface area contributed by atoms with Gasteiger partial charge in [-0.1, -0.05) is 19.1 Å². The summed E-state index contributed by atoms with van der Waals surface area (Å²) in [5.74, 6) is -2.00. The van der Waals surface area contributed by atoms with E-state index < -0.39 is 29.9 Å². The molecule has 1 atom stereocenters. The van der Waals surface area contributed by atoms with E-state index in [1.807, 2.05) is 31.2 Å². The zero-order chi connectivity index (χ0) is 22.8. The molecule has 0 saturated heterocycles. The molecule has 3 amide bonds. The van der Waals surface area contributed by atoms with Gasteiger partial charge in [0, 0.05) is 16.9 Å². The highest BCUT2D eigenvalue weighted by Crippen LogP contribution is 2.13. The molecule has 0 bridgehead atoms. The number of urea groups is 1.